The van der Waals surface area contributed by atoms with Gasteiger partial charge in [-0.3, -0.25) is 4.79 Å². The third kappa shape index (κ3) is 9.89. The van der Waals surface area contributed by atoms with Crippen LogP contribution in [0, 0.1) is 0 Å². The van der Waals surface area contributed by atoms with E-state index in [1.165, 1.54) is 0 Å². The van der Waals surface area contributed by atoms with Gasteiger partial charge in [0.25, 0.3) is 5.78 Å². The molecule has 0 spiro atoms. The smallest absolute Gasteiger partial charge is 0.368 e. The van der Waals surface area contributed by atoms with Crippen molar-refractivity contribution in [2.45, 2.75) is 98.9 Å². The van der Waals surface area contributed by atoms with E-state index in [-0.39, 0.29) is 17.3 Å². The number of nitrogens with zero attached hydrogens (tertiary/aromatic N) is 2. The van der Waals surface area contributed by atoms with Crippen LogP contribution in [0.25, 0.3) is 12.2 Å². The van der Waals surface area contributed by atoms with E-state index in [1.54, 1.807) is 6.92 Å². The number of benzene rings is 2. The standard InChI is InChI=1S/C37H54N2O4/c1-7-12-24-38(25-13-8-2)32-22-18-16-20-30(32)28-34-36(40)35(43-37(6,42-34)41-11-5)29-31-21-17-19-23-33(31)39(26-14-9-3)27-15-10-4/h16-23,28-29H,7-15,24-27H2,1-6H3. The third-order valence-electron chi connectivity index (χ3n) is 7.70. The Bertz CT molecular complexity index is 1100. The fraction of sp³-hybridized carbons (Fsp3) is 0.541. The average Bonchev–Trinajstić information content (AvgIpc) is 3.01. The van der Waals surface area contributed by atoms with Crippen LogP contribution in [0.4, 0.5) is 11.4 Å². The van der Waals surface area contributed by atoms with Gasteiger partial charge in [0.05, 0.1) is 6.61 Å². The number of unbranched alkanes of at least 4 members (excludes halogenated alkanes) is 4. The lowest BCUT2D eigenvalue weighted by Gasteiger charge is -2.36. The van der Waals surface area contributed by atoms with Crippen LogP contribution in [-0.2, 0) is 19.0 Å². The monoisotopic (exact) mass is 590 g/mol. The molecule has 6 heteroatoms. The quantitative estimate of drug-likeness (QED) is 0.161. The minimum absolute atomic E-state index is 0.220. The maximum Gasteiger partial charge on any atom is 0.368 e. The molecule has 0 aromatic heterocycles. The summed E-state index contributed by atoms with van der Waals surface area (Å²) < 4.78 is 18.3. The predicted octanol–water partition coefficient (Wildman–Crippen LogP) is 9.21. The second-order valence-electron chi connectivity index (χ2n) is 11.4. The number of rotatable bonds is 18. The van der Waals surface area contributed by atoms with Gasteiger partial charge in [-0.15, -0.1) is 0 Å². The molecule has 43 heavy (non-hydrogen) atoms. The first-order valence-corrected chi connectivity index (χ1v) is 16.6. The molecule has 1 fully saturated rings. The Balaban J connectivity index is 2.07. The minimum atomic E-state index is -1.42. The highest BCUT2D eigenvalue weighted by Crippen LogP contribution is 2.35. The maximum absolute atomic E-state index is 14.0. The summed E-state index contributed by atoms with van der Waals surface area (Å²) in [5.41, 5.74) is 4.11. The predicted molar refractivity (Wildman–Crippen MR) is 180 cm³/mol. The van der Waals surface area contributed by atoms with Gasteiger partial charge in [0, 0.05) is 55.6 Å². The van der Waals surface area contributed by atoms with Gasteiger partial charge >= 0.3 is 5.97 Å². The molecule has 0 radical (unpaired) electrons. The topological polar surface area (TPSA) is 51.2 Å². The number of carbonyl (C=O) groups excluding carboxylic acids is 1. The Kier molecular flexibility index (Phi) is 14.1. The Hall–Kier alpha value is -3.25. The van der Waals surface area contributed by atoms with Crippen molar-refractivity contribution in [1.82, 2.24) is 0 Å². The number of ketones is 1. The molecule has 0 aliphatic carbocycles. The van der Waals surface area contributed by atoms with Crippen LogP contribution in [0.5, 0.6) is 0 Å². The van der Waals surface area contributed by atoms with Crippen molar-refractivity contribution in [3.05, 3.63) is 71.2 Å². The fourth-order valence-electron chi connectivity index (χ4n) is 5.32. The summed E-state index contributed by atoms with van der Waals surface area (Å²) in [5.74, 6) is -1.27. The largest absolute Gasteiger partial charge is 0.426 e. The zero-order valence-electron chi connectivity index (χ0n) is 27.5. The summed E-state index contributed by atoms with van der Waals surface area (Å²) in [7, 11) is 0. The zero-order valence-corrected chi connectivity index (χ0v) is 27.5. The van der Waals surface area contributed by atoms with Crippen LogP contribution in [0.2, 0.25) is 0 Å². The lowest BCUT2D eigenvalue weighted by Crippen LogP contribution is -2.42. The molecule has 0 bridgehead atoms. The number of anilines is 2. The van der Waals surface area contributed by atoms with Crippen LogP contribution in [0.15, 0.2) is 60.0 Å². The molecule has 2 aromatic carbocycles. The van der Waals surface area contributed by atoms with E-state index < -0.39 is 5.97 Å². The lowest BCUT2D eigenvalue weighted by atomic mass is 10.1. The van der Waals surface area contributed by atoms with Gasteiger partial charge in [-0.05, 0) is 56.9 Å². The molecule has 0 saturated carbocycles. The van der Waals surface area contributed by atoms with E-state index in [1.807, 2.05) is 31.2 Å². The van der Waals surface area contributed by atoms with Crippen molar-refractivity contribution in [3.63, 3.8) is 0 Å². The highest BCUT2D eigenvalue weighted by molar-refractivity contribution is 6.11. The second kappa shape index (κ2) is 17.8. The second-order valence-corrected chi connectivity index (χ2v) is 11.4. The van der Waals surface area contributed by atoms with E-state index in [0.29, 0.717) is 6.61 Å². The molecule has 0 N–H and O–H groups in total. The van der Waals surface area contributed by atoms with Crippen molar-refractivity contribution in [2.75, 3.05) is 42.6 Å². The number of carbonyl (C=O) groups is 1. The van der Waals surface area contributed by atoms with Crippen molar-refractivity contribution in [2.24, 2.45) is 0 Å². The first-order chi connectivity index (χ1) is 20.9. The maximum atomic E-state index is 14.0. The molecule has 0 unspecified atom stereocenters. The van der Waals surface area contributed by atoms with Crippen LogP contribution >= 0.6 is 0 Å². The molecular weight excluding hydrogens is 536 g/mol. The van der Waals surface area contributed by atoms with Crippen molar-refractivity contribution < 1.29 is 19.0 Å². The van der Waals surface area contributed by atoms with E-state index in [2.05, 4.69) is 73.9 Å². The molecule has 0 amide bonds. The molecule has 1 saturated heterocycles. The van der Waals surface area contributed by atoms with Crippen LogP contribution in [-0.4, -0.2) is 44.5 Å². The molecule has 1 aliphatic rings. The molecule has 3 rings (SSSR count). The summed E-state index contributed by atoms with van der Waals surface area (Å²) >= 11 is 0. The van der Waals surface area contributed by atoms with Gasteiger partial charge in [-0.25, -0.2) is 0 Å². The fourth-order valence-corrected chi connectivity index (χ4v) is 5.32. The summed E-state index contributed by atoms with van der Waals surface area (Å²) in [6, 6.07) is 16.5. The highest BCUT2D eigenvalue weighted by atomic mass is 16.9. The van der Waals surface area contributed by atoms with Crippen molar-refractivity contribution in [3.8, 4) is 0 Å². The zero-order chi connectivity index (χ0) is 31.1. The van der Waals surface area contributed by atoms with Gasteiger partial charge in [0.1, 0.15) is 0 Å². The van der Waals surface area contributed by atoms with E-state index in [0.717, 1.165) is 100 Å². The number of ether oxygens (including phenoxy) is 3. The molecule has 1 aliphatic heterocycles. The Labute approximate surface area is 260 Å². The number of para-hydroxylation sites is 2. The van der Waals surface area contributed by atoms with E-state index >= 15 is 0 Å². The Morgan fingerprint density at radius 1 is 0.651 bits per heavy atom. The van der Waals surface area contributed by atoms with Crippen LogP contribution < -0.4 is 9.80 Å². The summed E-state index contributed by atoms with van der Waals surface area (Å²) in [6.07, 6.45) is 12.7. The van der Waals surface area contributed by atoms with Crippen LogP contribution in [0.3, 0.4) is 0 Å². The lowest BCUT2D eigenvalue weighted by molar-refractivity contribution is -0.343. The number of Topliss-reactive ketones (excluding diaryl/α,β-unsaturated/α-hetero) is 1. The van der Waals surface area contributed by atoms with E-state index in [4.69, 9.17) is 14.2 Å². The average molecular weight is 591 g/mol. The van der Waals surface area contributed by atoms with Gasteiger partial charge < -0.3 is 24.0 Å². The first kappa shape index (κ1) is 34.2. The summed E-state index contributed by atoms with van der Waals surface area (Å²) in [5, 5.41) is 0. The van der Waals surface area contributed by atoms with Gasteiger partial charge in [0.15, 0.2) is 11.5 Å². The molecule has 1 heterocycles. The molecule has 2 aromatic rings. The van der Waals surface area contributed by atoms with E-state index in [9.17, 15) is 4.79 Å². The molecule has 6 nitrogen and oxygen atoms in total. The number of hydrogen-bond donors (Lipinski definition) is 0. The molecule has 0 atom stereocenters. The Morgan fingerprint density at radius 2 is 1.02 bits per heavy atom. The SMILES string of the molecule is CCCCN(CCCC)c1ccccc1C=C1OC(C)(OCC)OC(=Cc2ccccc2N(CCCC)CCCC)C1=O. The van der Waals surface area contributed by atoms with Gasteiger partial charge in [-0.2, -0.15) is 0 Å². The van der Waals surface area contributed by atoms with Gasteiger partial charge in [0.2, 0.25) is 0 Å². The normalized spacial score (nSPS) is 18.5. The van der Waals surface area contributed by atoms with Crippen LogP contribution in [0.1, 0.15) is 104 Å². The third-order valence-corrected chi connectivity index (χ3v) is 7.70. The van der Waals surface area contributed by atoms with Crippen molar-refractivity contribution >= 4 is 29.3 Å². The summed E-state index contributed by atoms with van der Waals surface area (Å²) in [4.78, 5) is 18.9. The van der Waals surface area contributed by atoms with Gasteiger partial charge in [-0.1, -0.05) is 89.8 Å². The molecular formula is C37H54N2O4. The first-order valence-electron chi connectivity index (χ1n) is 16.6. The number of hydrogen-bond acceptors (Lipinski definition) is 6. The van der Waals surface area contributed by atoms with Crippen molar-refractivity contribution in [1.29, 1.82) is 0 Å². The Morgan fingerprint density at radius 3 is 1.37 bits per heavy atom. The minimum Gasteiger partial charge on any atom is -0.426 e. The highest BCUT2D eigenvalue weighted by Gasteiger charge is 2.41. The summed E-state index contributed by atoms with van der Waals surface area (Å²) in [6.45, 7) is 16.8. The molecule has 236 valence electrons.